The van der Waals surface area contributed by atoms with Crippen molar-refractivity contribution in [1.29, 1.82) is 0 Å². The van der Waals surface area contributed by atoms with Crippen LogP contribution in [-0.4, -0.2) is 15.0 Å². The van der Waals surface area contributed by atoms with Gasteiger partial charge in [-0.25, -0.2) is 19.7 Å². The lowest BCUT2D eigenvalue weighted by Gasteiger charge is -2.08. The molecule has 0 fully saturated rings. The Kier molecular flexibility index (Phi) is 4.52. The summed E-state index contributed by atoms with van der Waals surface area (Å²) in [7, 11) is 0. The molecule has 6 nitrogen and oxygen atoms in total. The highest BCUT2D eigenvalue weighted by atomic mass is 16.4. The maximum absolute atomic E-state index is 12.8. The lowest BCUT2D eigenvalue weighted by molar-refractivity contribution is 0.563. The fourth-order valence-corrected chi connectivity index (χ4v) is 3.33. The zero-order valence-corrected chi connectivity index (χ0v) is 16.7. The molecule has 150 valence electrons. The second kappa shape index (κ2) is 7.50. The van der Waals surface area contributed by atoms with Crippen LogP contribution in [0.5, 0.6) is 0 Å². The molecule has 5 aromatic rings. The van der Waals surface area contributed by atoms with Gasteiger partial charge in [-0.2, -0.15) is 0 Å². The number of aromatic nitrogens is 3. The monoisotopic (exact) mass is 406 g/mol. The number of benzene rings is 3. The van der Waals surface area contributed by atoms with Gasteiger partial charge in [-0.1, -0.05) is 60.2 Å². The molecule has 5 rings (SSSR count). The van der Waals surface area contributed by atoms with Crippen LogP contribution < -0.4 is 11.4 Å². The van der Waals surface area contributed by atoms with Gasteiger partial charge in [0.05, 0.1) is 0 Å². The summed E-state index contributed by atoms with van der Waals surface area (Å²) in [6, 6.07) is 24.4. The SMILES string of the molecule is Cc1ccc(-c2nc(-c3ccccc3)nc(-c3cc4ccc(N)cc4oc3=O)n2)cc1. The third-order valence-corrected chi connectivity index (χ3v) is 4.98. The van der Waals surface area contributed by atoms with Gasteiger partial charge >= 0.3 is 5.63 Å². The van der Waals surface area contributed by atoms with Crippen molar-refractivity contribution < 1.29 is 4.42 Å². The maximum Gasteiger partial charge on any atom is 0.347 e. The molecule has 0 aliphatic heterocycles. The van der Waals surface area contributed by atoms with Crippen LogP contribution >= 0.6 is 0 Å². The zero-order chi connectivity index (χ0) is 21.4. The van der Waals surface area contributed by atoms with Gasteiger partial charge in [0.2, 0.25) is 0 Å². The van der Waals surface area contributed by atoms with E-state index in [9.17, 15) is 4.79 Å². The summed E-state index contributed by atoms with van der Waals surface area (Å²) in [5.41, 5.74) is 9.30. The first-order valence-electron chi connectivity index (χ1n) is 9.79. The van der Waals surface area contributed by atoms with Gasteiger partial charge < -0.3 is 10.2 Å². The second-order valence-corrected chi connectivity index (χ2v) is 7.28. The smallest absolute Gasteiger partial charge is 0.347 e. The van der Waals surface area contributed by atoms with Crippen molar-refractivity contribution in [2.75, 3.05) is 5.73 Å². The van der Waals surface area contributed by atoms with E-state index in [2.05, 4.69) is 15.0 Å². The van der Waals surface area contributed by atoms with Gasteiger partial charge in [0.1, 0.15) is 11.1 Å². The number of hydrogen-bond acceptors (Lipinski definition) is 6. The summed E-state index contributed by atoms with van der Waals surface area (Å²) in [6.45, 7) is 2.02. The number of fused-ring (bicyclic) bond motifs is 1. The molecule has 0 saturated carbocycles. The highest BCUT2D eigenvalue weighted by molar-refractivity contribution is 5.83. The van der Waals surface area contributed by atoms with E-state index in [0.717, 1.165) is 22.1 Å². The summed E-state index contributed by atoms with van der Waals surface area (Å²) < 4.78 is 5.50. The molecule has 6 heteroatoms. The van der Waals surface area contributed by atoms with E-state index < -0.39 is 5.63 Å². The van der Waals surface area contributed by atoms with Crippen molar-refractivity contribution in [1.82, 2.24) is 15.0 Å². The third-order valence-electron chi connectivity index (χ3n) is 4.98. The normalized spacial score (nSPS) is 11.0. The summed E-state index contributed by atoms with van der Waals surface area (Å²) in [5, 5.41) is 0.738. The van der Waals surface area contributed by atoms with Gasteiger partial charge in [-0.05, 0) is 25.1 Å². The van der Waals surface area contributed by atoms with E-state index in [0.29, 0.717) is 22.9 Å². The van der Waals surface area contributed by atoms with Gasteiger partial charge in [0.15, 0.2) is 17.5 Å². The molecule has 0 unspecified atom stereocenters. The van der Waals surface area contributed by atoms with Crippen LogP contribution in [-0.2, 0) is 0 Å². The molecule has 0 spiro atoms. The molecule has 0 radical (unpaired) electrons. The summed E-state index contributed by atoms with van der Waals surface area (Å²) >= 11 is 0. The first-order valence-corrected chi connectivity index (χ1v) is 9.79. The van der Waals surface area contributed by atoms with Crippen LogP contribution in [0.25, 0.3) is 45.1 Å². The Morgan fingerprint density at radius 1 is 0.742 bits per heavy atom. The average molecular weight is 406 g/mol. The van der Waals surface area contributed by atoms with Crippen LogP contribution in [0.3, 0.4) is 0 Å². The van der Waals surface area contributed by atoms with Gasteiger partial charge in [-0.15, -0.1) is 0 Å². The number of rotatable bonds is 3. The molecule has 3 aromatic carbocycles. The summed E-state index contributed by atoms with van der Waals surface area (Å²) in [4.78, 5) is 26.6. The fourth-order valence-electron chi connectivity index (χ4n) is 3.33. The van der Waals surface area contributed by atoms with Crippen LogP contribution in [0.4, 0.5) is 5.69 Å². The number of nitrogens with two attached hydrogens (primary N) is 1. The minimum Gasteiger partial charge on any atom is -0.422 e. The van der Waals surface area contributed by atoms with Gasteiger partial charge in [0.25, 0.3) is 0 Å². The Morgan fingerprint density at radius 2 is 1.39 bits per heavy atom. The van der Waals surface area contributed by atoms with Crippen molar-refractivity contribution >= 4 is 16.7 Å². The highest BCUT2D eigenvalue weighted by Gasteiger charge is 2.16. The standard InChI is InChI=1S/C25H18N4O2/c1-15-7-9-17(10-8-15)23-27-22(16-5-3-2-4-6-16)28-24(29-23)20-13-18-11-12-19(26)14-21(18)31-25(20)30/h2-14H,26H2,1H3. The topological polar surface area (TPSA) is 94.9 Å². The lowest BCUT2D eigenvalue weighted by atomic mass is 10.1. The largest absolute Gasteiger partial charge is 0.422 e. The Balaban J connectivity index is 1.75. The molecular weight excluding hydrogens is 388 g/mol. The number of aryl methyl sites for hydroxylation is 1. The quantitative estimate of drug-likeness (QED) is 0.339. The summed E-state index contributed by atoms with van der Waals surface area (Å²) in [5.74, 6) is 1.23. The minimum atomic E-state index is -0.529. The highest BCUT2D eigenvalue weighted by Crippen LogP contribution is 2.25. The maximum atomic E-state index is 12.8. The summed E-state index contributed by atoms with van der Waals surface area (Å²) in [6.07, 6.45) is 0. The lowest BCUT2D eigenvalue weighted by Crippen LogP contribution is -2.08. The molecule has 0 saturated heterocycles. The molecule has 2 heterocycles. The predicted molar refractivity (Wildman–Crippen MR) is 121 cm³/mol. The van der Waals surface area contributed by atoms with E-state index in [1.165, 1.54) is 0 Å². The number of anilines is 1. The molecule has 0 atom stereocenters. The molecule has 0 amide bonds. The van der Waals surface area contributed by atoms with E-state index in [4.69, 9.17) is 10.2 Å². The third kappa shape index (κ3) is 3.67. The van der Waals surface area contributed by atoms with Crippen molar-refractivity contribution in [3.63, 3.8) is 0 Å². The number of nitrogens with zero attached hydrogens (tertiary/aromatic N) is 3. The van der Waals surface area contributed by atoms with Crippen LogP contribution in [0.2, 0.25) is 0 Å². The first kappa shape index (κ1) is 18.7. The Labute approximate surface area is 178 Å². The zero-order valence-electron chi connectivity index (χ0n) is 16.7. The first-order chi connectivity index (χ1) is 15.1. The Bertz CT molecular complexity index is 1460. The van der Waals surface area contributed by atoms with E-state index >= 15 is 0 Å². The van der Waals surface area contributed by atoms with E-state index in [1.807, 2.05) is 61.5 Å². The van der Waals surface area contributed by atoms with Gasteiger partial charge in [0, 0.05) is 28.3 Å². The minimum absolute atomic E-state index is 0.261. The molecule has 2 N–H and O–H groups in total. The molecule has 0 aliphatic carbocycles. The molecule has 0 bridgehead atoms. The molecular formula is C25H18N4O2. The fraction of sp³-hybridized carbons (Fsp3) is 0.0400. The van der Waals surface area contributed by atoms with Crippen LogP contribution in [0, 0.1) is 6.92 Å². The van der Waals surface area contributed by atoms with Crippen molar-refractivity contribution in [3.05, 3.63) is 94.8 Å². The van der Waals surface area contributed by atoms with Crippen molar-refractivity contribution in [2.45, 2.75) is 6.92 Å². The van der Waals surface area contributed by atoms with E-state index in [-0.39, 0.29) is 11.4 Å². The molecule has 2 aromatic heterocycles. The van der Waals surface area contributed by atoms with E-state index in [1.54, 1.807) is 24.3 Å². The molecule has 0 aliphatic rings. The predicted octanol–water partition coefficient (Wildman–Crippen LogP) is 4.87. The average Bonchev–Trinajstić information content (AvgIpc) is 2.79. The van der Waals surface area contributed by atoms with Crippen LogP contribution in [0.15, 0.2) is 88.1 Å². The van der Waals surface area contributed by atoms with Crippen molar-refractivity contribution in [2.24, 2.45) is 0 Å². The Morgan fingerprint density at radius 3 is 2.10 bits per heavy atom. The van der Waals surface area contributed by atoms with Gasteiger partial charge in [-0.3, -0.25) is 0 Å². The number of hydrogen-bond donors (Lipinski definition) is 1. The second-order valence-electron chi connectivity index (χ2n) is 7.28. The number of nitrogen functional groups attached to an aromatic ring is 1. The van der Waals surface area contributed by atoms with Crippen molar-refractivity contribution in [3.8, 4) is 34.2 Å². The molecule has 31 heavy (non-hydrogen) atoms. The Hall–Kier alpha value is -4.32. The van der Waals surface area contributed by atoms with Crippen LogP contribution in [0.1, 0.15) is 5.56 Å².